The largest absolute Gasteiger partial charge is 0.511 e. The predicted molar refractivity (Wildman–Crippen MR) is 193 cm³/mol. The van der Waals surface area contributed by atoms with Crippen LogP contribution in [0.5, 0.6) is 11.5 Å². The molecule has 1 unspecified atom stereocenters. The van der Waals surface area contributed by atoms with Gasteiger partial charge in [0.1, 0.15) is 23.6 Å². The second-order valence-electron chi connectivity index (χ2n) is 13.6. The quantitative estimate of drug-likeness (QED) is 0.155. The van der Waals surface area contributed by atoms with Gasteiger partial charge < -0.3 is 45.0 Å². The highest BCUT2D eigenvalue weighted by atomic mass is 16.8. The number of hydrogen-bond acceptors (Lipinski definition) is 11. The van der Waals surface area contributed by atoms with Crippen LogP contribution < -0.4 is 25.8 Å². The lowest BCUT2D eigenvalue weighted by atomic mass is 9.97. The average Bonchev–Trinajstić information content (AvgIpc) is 3.09. The standard InChI is InChI=1S/C38H52N4O11/c1-23(2)11-16-30(40-33(43)22-49-32-10-8-7-9-25(32)5)35(45)41-31(36(46)51-26(6)52-38(48)50-24(3)4)21-27-12-14-29(15-13-27)53-37(47)42-19-17-28(18-20-42)34(39)44/h7-10,12-15,23-24,26,28,30-31H,11,16-22H2,1-6H3,(H2,39,44)(H,40,43)(H,41,45)/t26?,30-,31-/m0/s1. The number of nitrogens with zero attached hydrogens (tertiary/aromatic N) is 1. The Kier molecular flexibility index (Phi) is 16.4. The summed E-state index contributed by atoms with van der Waals surface area (Å²) in [6.45, 7) is 10.8. The van der Waals surface area contributed by atoms with Gasteiger partial charge in [0.05, 0.1) is 6.10 Å². The van der Waals surface area contributed by atoms with Crippen LogP contribution in [0.15, 0.2) is 48.5 Å². The summed E-state index contributed by atoms with van der Waals surface area (Å²) in [5.41, 5.74) is 6.80. The van der Waals surface area contributed by atoms with Crippen molar-refractivity contribution in [3.05, 3.63) is 59.7 Å². The highest BCUT2D eigenvalue weighted by Crippen LogP contribution is 2.20. The Morgan fingerprint density at radius 1 is 0.830 bits per heavy atom. The molecule has 15 heteroatoms. The second-order valence-corrected chi connectivity index (χ2v) is 13.6. The molecule has 0 aliphatic carbocycles. The zero-order chi connectivity index (χ0) is 39.1. The van der Waals surface area contributed by atoms with Crippen molar-refractivity contribution in [3.63, 3.8) is 0 Å². The van der Waals surface area contributed by atoms with Crippen molar-refractivity contribution in [1.82, 2.24) is 15.5 Å². The average molecular weight is 741 g/mol. The maximum atomic E-state index is 13.7. The molecule has 1 aliphatic rings. The third kappa shape index (κ3) is 14.7. The zero-order valence-corrected chi connectivity index (χ0v) is 31.3. The predicted octanol–water partition coefficient (Wildman–Crippen LogP) is 4.17. The second kappa shape index (κ2) is 20.6. The third-order valence-corrected chi connectivity index (χ3v) is 8.34. The van der Waals surface area contributed by atoms with E-state index in [-0.39, 0.29) is 42.9 Å². The maximum Gasteiger partial charge on any atom is 0.511 e. The molecule has 0 radical (unpaired) electrons. The number of para-hydroxylation sites is 1. The lowest BCUT2D eigenvalue weighted by Gasteiger charge is -2.29. The fraction of sp³-hybridized carbons (Fsp3) is 0.526. The number of aryl methyl sites for hydroxylation is 1. The zero-order valence-electron chi connectivity index (χ0n) is 31.3. The van der Waals surface area contributed by atoms with Gasteiger partial charge in [-0.2, -0.15) is 0 Å². The van der Waals surface area contributed by atoms with Crippen molar-refractivity contribution in [2.24, 2.45) is 17.6 Å². The third-order valence-electron chi connectivity index (χ3n) is 8.34. The van der Waals surface area contributed by atoms with Gasteiger partial charge in [0.2, 0.25) is 18.1 Å². The van der Waals surface area contributed by atoms with Crippen LogP contribution in [0.1, 0.15) is 71.4 Å². The number of hydrogen-bond donors (Lipinski definition) is 3. The Labute approximate surface area is 310 Å². The molecule has 53 heavy (non-hydrogen) atoms. The highest BCUT2D eigenvalue weighted by Gasteiger charge is 2.31. The summed E-state index contributed by atoms with van der Waals surface area (Å²) in [5.74, 6) is -1.73. The number of nitrogens with two attached hydrogens (primary N) is 1. The first-order valence-corrected chi connectivity index (χ1v) is 17.8. The minimum absolute atomic E-state index is 0.0656. The smallest absolute Gasteiger partial charge is 0.484 e. The van der Waals surface area contributed by atoms with E-state index in [2.05, 4.69) is 10.6 Å². The molecular formula is C38H52N4O11. The first-order chi connectivity index (χ1) is 25.1. The molecule has 0 bridgehead atoms. The van der Waals surface area contributed by atoms with Crippen molar-refractivity contribution >= 4 is 35.9 Å². The number of nitrogens with one attached hydrogen (secondary N) is 2. The summed E-state index contributed by atoms with van der Waals surface area (Å²) in [7, 11) is 0. The molecule has 15 nitrogen and oxygen atoms in total. The maximum absolute atomic E-state index is 13.7. The molecule has 0 aromatic heterocycles. The van der Waals surface area contributed by atoms with Crippen molar-refractivity contribution < 1.29 is 52.5 Å². The highest BCUT2D eigenvalue weighted by molar-refractivity contribution is 5.91. The van der Waals surface area contributed by atoms with Crippen molar-refractivity contribution in [3.8, 4) is 11.5 Å². The molecule has 2 aromatic carbocycles. The van der Waals surface area contributed by atoms with E-state index in [4.69, 9.17) is 29.4 Å². The Balaban J connectivity index is 1.73. The first-order valence-electron chi connectivity index (χ1n) is 17.8. The van der Waals surface area contributed by atoms with E-state index in [1.807, 2.05) is 32.9 Å². The molecule has 1 heterocycles. The fourth-order valence-electron chi connectivity index (χ4n) is 5.40. The number of amides is 4. The van der Waals surface area contributed by atoms with Crippen molar-refractivity contribution in [1.29, 1.82) is 0 Å². The van der Waals surface area contributed by atoms with E-state index in [0.29, 0.717) is 43.7 Å². The summed E-state index contributed by atoms with van der Waals surface area (Å²) in [5, 5.41) is 5.43. The molecule has 3 atom stereocenters. The Bertz CT molecular complexity index is 1560. The number of primary amides is 1. The van der Waals surface area contributed by atoms with E-state index < -0.39 is 54.5 Å². The Hall–Kier alpha value is -5.34. The van der Waals surface area contributed by atoms with Gasteiger partial charge in [-0.1, -0.05) is 44.2 Å². The molecule has 1 fully saturated rings. The van der Waals surface area contributed by atoms with E-state index in [1.165, 1.54) is 11.8 Å². The summed E-state index contributed by atoms with van der Waals surface area (Å²) < 4.78 is 26.5. The summed E-state index contributed by atoms with van der Waals surface area (Å²) in [6, 6.07) is 11.3. The molecule has 3 rings (SSSR count). The fourth-order valence-corrected chi connectivity index (χ4v) is 5.40. The Morgan fingerprint density at radius 3 is 2.09 bits per heavy atom. The normalized spacial score (nSPS) is 14.8. The lowest BCUT2D eigenvalue weighted by Crippen LogP contribution is -2.53. The van der Waals surface area contributed by atoms with Gasteiger partial charge in [-0.15, -0.1) is 0 Å². The van der Waals surface area contributed by atoms with Crippen LogP contribution in [0.3, 0.4) is 0 Å². The van der Waals surface area contributed by atoms with Gasteiger partial charge >= 0.3 is 18.2 Å². The van der Waals surface area contributed by atoms with E-state index in [9.17, 15) is 28.8 Å². The molecule has 0 saturated carbocycles. The van der Waals surface area contributed by atoms with Crippen LogP contribution in [0.25, 0.3) is 0 Å². The molecule has 4 N–H and O–H groups in total. The summed E-state index contributed by atoms with van der Waals surface area (Å²) in [6.07, 6.45) is -1.70. The van der Waals surface area contributed by atoms with Crippen LogP contribution in [-0.4, -0.2) is 85.0 Å². The van der Waals surface area contributed by atoms with Gasteiger partial charge in [-0.25, -0.2) is 14.4 Å². The van der Waals surface area contributed by atoms with E-state index >= 15 is 0 Å². The number of carbonyl (C=O) groups is 6. The van der Waals surface area contributed by atoms with Gasteiger partial charge in [-0.05, 0) is 81.7 Å². The summed E-state index contributed by atoms with van der Waals surface area (Å²) >= 11 is 0. The number of ether oxygens (including phenoxy) is 5. The monoisotopic (exact) mass is 740 g/mol. The minimum atomic E-state index is -1.35. The SMILES string of the molecule is Cc1ccccc1OCC(=O)N[C@@H](CCC(C)C)C(=O)N[C@@H](Cc1ccc(OC(=O)N2CCC(C(N)=O)CC2)cc1)C(=O)OC(C)OC(=O)OC(C)C. The molecule has 290 valence electrons. The van der Waals surface area contributed by atoms with Gasteiger partial charge in [0.25, 0.3) is 5.91 Å². The molecule has 0 spiro atoms. The molecule has 4 amide bonds. The summed E-state index contributed by atoms with van der Waals surface area (Å²) in [4.78, 5) is 77.8. The number of piperidine rings is 1. The number of benzene rings is 2. The van der Waals surface area contributed by atoms with Gasteiger partial charge in [0.15, 0.2) is 6.61 Å². The first kappa shape index (κ1) is 42.1. The lowest BCUT2D eigenvalue weighted by molar-refractivity contribution is -0.171. The van der Waals surface area contributed by atoms with Crippen LogP contribution in [0, 0.1) is 18.8 Å². The minimum Gasteiger partial charge on any atom is -0.484 e. The number of esters is 1. The van der Waals surface area contributed by atoms with Crippen LogP contribution in [0.4, 0.5) is 9.59 Å². The number of carbonyl (C=O) groups excluding carboxylic acids is 6. The van der Waals surface area contributed by atoms with Gasteiger partial charge in [-0.3, -0.25) is 14.4 Å². The number of likely N-dealkylation sites (tertiary alicyclic amines) is 1. The topological polar surface area (TPSA) is 202 Å². The van der Waals surface area contributed by atoms with E-state index in [0.717, 1.165) is 5.56 Å². The van der Waals surface area contributed by atoms with Crippen molar-refractivity contribution in [2.45, 2.75) is 98.1 Å². The van der Waals surface area contributed by atoms with E-state index in [1.54, 1.807) is 50.2 Å². The molecule has 1 saturated heterocycles. The van der Waals surface area contributed by atoms with Gasteiger partial charge in [0, 0.05) is 32.4 Å². The van der Waals surface area contributed by atoms with Crippen molar-refractivity contribution in [2.75, 3.05) is 19.7 Å². The molecule has 2 aromatic rings. The van der Waals surface area contributed by atoms with Crippen LogP contribution >= 0.6 is 0 Å². The van der Waals surface area contributed by atoms with Crippen LogP contribution in [-0.2, 0) is 39.8 Å². The Morgan fingerprint density at radius 2 is 1.49 bits per heavy atom. The molecule has 1 aliphatic heterocycles. The molecular weight excluding hydrogens is 688 g/mol. The van der Waals surface area contributed by atoms with Crippen LogP contribution in [0.2, 0.25) is 0 Å². The number of rotatable bonds is 17.